The predicted molar refractivity (Wildman–Crippen MR) is 154 cm³/mol. The lowest BCUT2D eigenvalue weighted by molar-refractivity contribution is -0.144. The first kappa shape index (κ1) is 33.0. The third-order valence-electron chi connectivity index (χ3n) is 7.06. The van der Waals surface area contributed by atoms with E-state index in [1.54, 1.807) is 56.5 Å². The van der Waals surface area contributed by atoms with Crippen molar-refractivity contribution in [1.29, 1.82) is 0 Å². The third kappa shape index (κ3) is 8.50. The van der Waals surface area contributed by atoms with Crippen LogP contribution in [0.5, 0.6) is 0 Å². The van der Waals surface area contributed by atoms with Crippen molar-refractivity contribution >= 4 is 18.0 Å². The zero-order valence-corrected chi connectivity index (χ0v) is 25.7. The van der Waals surface area contributed by atoms with Crippen molar-refractivity contribution in [2.24, 2.45) is 11.8 Å². The molecule has 1 N–H and O–H groups in total. The van der Waals surface area contributed by atoms with Crippen molar-refractivity contribution in [2.75, 3.05) is 33.4 Å². The zero-order chi connectivity index (χ0) is 31.2. The summed E-state index contributed by atoms with van der Waals surface area (Å²) in [5.74, 6) is -2.60. The Morgan fingerprint density at radius 3 is 2.50 bits per heavy atom. The predicted octanol–water partition coefficient (Wildman–Crippen LogP) is 4.49. The number of rotatable bonds is 11. The molecule has 0 aliphatic carbocycles. The number of carboxylic acids is 1. The van der Waals surface area contributed by atoms with E-state index in [2.05, 4.69) is 10.3 Å². The summed E-state index contributed by atoms with van der Waals surface area (Å²) in [6.45, 7) is 11.8. The van der Waals surface area contributed by atoms with Gasteiger partial charge in [-0.15, -0.1) is 5.10 Å². The number of carboxylic acid groups (broad SMARTS) is 1. The molecular weight excluding hydrogens is 545 g/mol. The molecule has 1 saturated heterocycles. The summed E-state index contributed by atoms with van der Waals surface area (Å²) in [6.07, 6.45) is 1.48. The molecule has 2 unspecified atom stereocenters. The highest BCUT2D eigenvalue weighted by atomic mass is 19.1. The second kappa shape index (κ2) is 14.1. The zero-order valence-electron chi connectivity index (χ0n) is 25.7. The van der Waals surface area contributed by atoms with Gasteiger partial charge in [-0.1, -0.05) is 19.1 Å². The van der Waals surface area contributed by atoms with Crippen LogP contribution in [0.15, 0.2) is 18.2 Å². The summed E-state index contributed by atoms with van der Waals surface area (Å²) in [5.41, 5.74) is 0.983. The normalized spacial score (nSPS) is 17.4. The first-order chi connectivity index (χ1) is 19.7. The van der Waals surface area contributed by atoms with Crippen LogP contribution in [0.3, 0.4) is 0 Å². The summed E-state index contributed by atoms with van der Waals surface area (Å²) in [6, 6.07) is 4.02. The van der Waals surface area contributed by atoms with E-state index in [1.165, 1.54) is 11.0 Å². The van der Waals surface area contributed by atoms with Crippen molar-refractivity contribution in [3.63, 3.8) is 0 Å². The van der Waals surface area contributed by atoms with Gasteiger partial charge in [-0.3, -0.25) is 9.59 Å². The van der Waals surface area contributed by atoms with Crippen LogP contribution in [-0.4, -0.2) is 92.9 Å². The van der Waals surface area contributed by atoms with Gasteiger partial charge in [-0.05, 0) is 83.1 Å². The van der Waals surface area contributed by atoms with Crippen LogP contribution >= 0.6 is 0 Å². The Morgan fingerprint density at radius 1 is 1.19 bits per heavy atom. The SMILES string of the molecule is COCCCCc1c(C(=O)N(CC(C)C)C2CC(C(=O)O)CN(C(=O)OC(C)(C)C)C2)nnn1-c1ccc(F)c(C)c1. The number of benzene rings is 1. The number of methoxy groups -OCH3 is 1. The number of piperidine rings is 1. The van der Waals surface area contributed by atoms with Gasteiger partial charge in [-0.2, -0.15) is 0 Å². The van der Waals surface area contributed by atoms with Gasteiger partial charge in [0, 0.05) is 33.4 Å². The lowest BCUT2D eigenvalue weighted by atomic mass is 9.92. The van der Waals surface area contributed by atoms with E-state index in [1.807, 2.05) is 13.8 Å². The molecule has 1 fully saturated rings. The standard InChI is InChI=1S/C30H44FN5O6/c1-19(2)16-35(23-15-21(28(38)39)17-34(18-23)29(40)42-30(4,5)6)27(37)26-25(10-8-9-13-41-7)36(33-32-26)22-11-12-24(31)20(3)14-22/h11-12,14,19,21,23H,8-10,13,15-18H2,1-7H3,(H,38,39). The van der Waals surface area contributed by atoms with E-state index >= 15 is 0 Å². The smallest absolute Gasteiger partial charge is 0.410 e. The molecule has 1 aromatic carbocycles. The number of unbranched alkanes of at least 4 members (excludes halogenated alkanes) is 1. The Kier molecular flexibility index (Phi) is 11.1. The number of aromatic nitrogens is 3. The molecule has 0 bridgehead atoms. The summed E-state index contributed by atoms with van der Waals surface area (Å²) in [4.78, 5) is 42.4. The number of aryl methyl sites for hydroxylation is 1. The fraction of sp³-hybridized carbons (Fsp3) is 0.633. The van der Waals surface area contributed by atoms with Crippen LogP contribution < -0.4 is 0 Å². The maximum atomic E-state index is 14.3. The fourth-order valence-electron chi connectivity index (χ4n) is 5.08. The molecule has 0 spiro atoms. The van der Waals surface area contributed by atoms with E-state index < -0.39 is 35.5 Å². The Balaban J connectivity index is 2.02. The second-order valence-electron chi connectivity index (χ2n) is 12.3. The van der Waals surface area contributed by atoms with Crippen molar-refractivity contribution in [1.82, 2.24) is 24.8 Å². The van der Waals surface area contributed by atoms with Crippen molar-refractivity contribution < 1.29 is 33.4 Å². The van der Waals surface area contributed by atoms with Crippen molar-refractivity contribution in [3.8, 4) is 5.69 Å². The number of carbonyl (C=O) groups is 3. The van der Waals surface area contributed by atoms with Crippen molar-refractivity contribution in [2.45, 2.75) is 78.9 Å². The van der Waals surface area contributed by atoms with Crippen LogP contribution in [0.25, 0.3) is 5.69 Å². The molecule has 3 rings (SSSR count). The molecule has 0 saturated carbocycles. The molecular formula is C30H44FN5O6. The van der Waals surface area contributed by atoms with Gasteiger partial charge in [0.25, 0.3) is 5.91 Å². The summed E-state index contributed by atoms with van der Waals surface area (Å²) in [5, 5.41) is 18.5. The van der Waals surface area contributed by atoms with Gasteiger partial charge in [0.05, 0.1) is 23.3 Å². The topological polar surface area (TPSA) is 127 Å². The minimum atomic E-state index is -1.04. The van der Waals surface area contributed by atoms with E-state index in [9.17, 15) is 23.9 Å². The quantitative estimate of drug-likeness (QED) is 0.380. The fourth-order valence-corrected chi connectivity index (χ4v) is 5.08. The Morgan fingerprint density at radius 2 is 1.90 bits per heavy atom. The van der Waals surface area contributed by atoms with Crippen LogP contribution in [0, 0.1) is 24.6 Å². The summed E-state index contributed by atoms with van der Waals surface area (Å²) in [7, 11) is 1.63. The van der Waals surface area contributed by atoms with Crippen molar-refractivity contribution in [3.05, 3.63) is 41.0 Å². The maximum absolute atomic E-state index is 14.3. The molecule has 2 atom stereocenters. The van der Waals surface area contributed by atoms with Gasteiger partial charge in [0.15, 0.2) is 5.69 Å². The first-order valence-electron chi connectivity index (χ1n) is 14.4. The number of nitrogens with zero attached hydrogens (tertiary/aromatic N) is 5. The number of ether oxygens (including phenoxy) is 2. The molecule has 2 heterocycles. The molecule has 2 aromatic rings. The molecule has 1 aliphatic heterocycles. The van der Waals surface area contributed by atoms with Crippen LogP contribution in [-0.2, 0) is 20.7 Å². The number of hydrogen-bond acceptors (Lipinski definition) is 7. The van der Waals surface area contributed by atoms with E-state index in [-0.39, 0.29) is 36.9 Å². The Hall–Kier alpha value is -3.54. The van der Waals surface area contributed by atoms with Gasteiger partial charge in [0.2, 0.25) is 0 Å². The average Bonchev–Trinajstić information content (AvgIpc) is 3.33. The van der Waals surface area contributed by atoms with Gasteiger partial charge in [-0.25, -0.2) is 13.9 Å². The molecule has 12 heteroatoms. The molecule has 1 aliphatic rings. The van der Waals surface area contributed by atoms with Crippen LogP contribution in [0.2, 0.25) is 0 Å². The van der Waals surface area contributed by atoms with E-state index in [0.29, 0.717) is 42.9 Å². The molecule has 42 heavy (non-hydrogen) atoms. The number of likely N-dealkylation sites (tertiary alicyclic amines) is 1. The van der Waals surface area contributed by atoms with Crippen LogP contribution in [0.1, 0.15) is 75.6 Å². The Bertz CT molecular complexity index is 1260. The molecule has 232 valence electrons. The monoisotopic (exact) mass is 589 g/mol. The van der Waals surface area contributed by atoms with Gasteiger partial charge in [0.1, 0.15) is 11.4 Å². The molecule has 11 nitrogen and oxygen atoms in total. The molecule has 0 radical (unpaired) electrons. The van der Waals surface area contributed by atoms with Gasteiger partial charge >= 0.3 is 12.1 Å². The lowest BCUT2D eigenvalue weighted by Crippen LogP contribution is -2.56. The minimum absolute atomic E-state index is 0.00466. The number of hydrogen-bond donors (Lipinski definition) is 1. The lowest BCUT2D eigenvalue weighted by Gasteiger charge is -2.42. The maximum Gasteiger partial charge on any atom is 0.410 e. The molecule has 2 amide bonds. The summed E-state index contributed by atoms with van der Waals surface area (Å²) >= 11 is 0. The Labute approximate surface area is 246 Å². The highest BCUT2D eigenvalue weighted by Gasteiger charge is 2.40. The largest absolute Gasteiger partial charge is 0.481 e. The summed E-state index contributed by atoms with van der Waals surface area (Å²) < 4.78 is 26.3. The number of aliphatic carboxylic acids is 1. The molecule has 1 aromatic heterocycles. The highest BCUT2D eigenvalue weighted by molar-refractivity contribution is 5.94. The number of halogens is 1. The third-order valence-corrected chi connectivity index (χ3v) is 7.06. The van der Waals surface area contributed by atoms with Gasteiger partial charge < -0.3 is 24.4 Å². The average molecular weight is 590 g/mol. The van der Waals surface area contributed by atoms with E-state index in [4.69, 9.17) is 9.47 Å². The minimum Gasteiger partial charge on any atom is -0.481 e. The van der Waals surface area contributed by atoms with Crippen LogP contribution in [0.4, 0.5) is 9.18 Å². The number of carbonyl (C=O) groups excluding carboxylic acids is 2. The van der Waals surface area contributed by atoms with E-state index in [0.717, 1.165) is 6.42 Å². The highest BCUT2D eigenvalue weighted by Crippen LogP contribution is 2.27. The number of amides is 2. The second-order valence-corrected chi connectivity index (χ2v) is 12.3. The first-order valence-corrected chi connectivity index (χ1v) is 14.4.